The standard InChI is InChI=1S/C19H23N3O4S/c1-13-5-8-16(11-14(13)2)21-18(23)12-20-19(24)15-6-9-17(10-7-15)27(25,26)22(3)4/h5-11H,12H2,1-4H3,(H,20,24)(H,21,23). The molecule has 0 aliphatic heterocycles. The highest BCUT2D eigenvalue weighted by Crippen LogP contribution is 2.15. The number of amides is 2. The molecule has 0 atom stereocenters. The number of nitrogens with zero attached hydrogens (tertiary/aromatic N) is 1. The number of aryl methyl sites for hydroxylation is 2. The van der Waals surface area contributed by atoms with Crippen molar-refractivity contribution in [3.05, 3.63) is 59.2 Å². The Morgan fingerprint density at radius 3 is 2.15 bits per heavy atom. The fourth-order valence-electron chi connectivity index (χ4n) is 2.28. The normalized spacial score (nSPS) is 11.3. The first kappa shape index (κ1) is 20.6. The molecule has 2 aromatic rings. The molecule has 0 bridgehead atoms. The van der Waals surface area contributed by atoms with Crippen molar-refractivity contribution < 1.29 is 18.0 Å². The Hall–Kier alpha value is -2.71. The third-order valence-electron chi connectivity index (χ3n) is 4.10. The molecular formula is C19H23N3O4S. The Morgan fingerprint density at radius 2 is 1.59 bits per heavy atom. The van der Waals surface area contributed by atoms with Crippen molar-refractivity contribution in [1.29, 1.82) is 0 Å². The molecule has 0 unspecified atom stereocenters. The highest BCUT2D eigenvalue weighted by atomic mass is 32.2. The van der Waals surface area contributed by atoms with E-state index >= 15 is 0 Å². The van der Waals surface area contributed by atoms with Gasteiger partial charge in [0.05, 0.1) is 11.4 Å². The molecule has 0 aromatic heterocycles. The average molecular weight is 389 g/mol. The van der Waals surface area contributed by atoms with E-state index < -0.39 is 15.9 Å². The largest absolute Gasteiger partial charge is 0.343 e. The first-order chi connectivity index (χ1) is 12.6. The van der Waals surface area contributed by atoms with Gasteiger partial charge in [-0.15, -0.1) is 0 Å². The van der Waals surface area contributed by atoms with Gasteiger partial charge in [-0.2, -0.15) is 0 Å². The number of hydrogen-bond acceptors (Lipinski definition) is 4. The maximum Gasteiger partial charge on any atom is 0.251 e. The Bertz CT molecular complexity index is 951. The zero-order chi connectivity index (χ0) is 20.2. The summed E-state index contributed by atoms with van der Waals surface area (Å²) in [6.07, 6.45) is 0. The van der Waals surface area contributed by atoms with Gasteiger partial charge in [-0.25, -0.2) is 12.7 Å². The lowest BCUT2D eigenvalue weighted by Crippen LogP contribution is -2.32. The van der Waals surface area contributed by atoms with Gasteiger partial charge in [-0.3, -0.25) is 9.59 Å². The van der Waals surface area contributed by atoms with E-state index in [0.29, 0.717) is 5.69 Å². The molecule has 0 heterocycles. The number of carbonyl (C=O) groups excluding carboxylic acids is 2. The lowest BCUT2D eigenvalue weighted by Gasteiger charge is -2.12. The van der Waals surface area contributed by atoms with Crippen molar-refractivity contribution >= 4 is 27.5 Å². The minimum Gasteiger partial charge on any atom is -0.343 e. The first-order valence-electron chi connectivity index (χ1n) is 8.29. The molecule has 2 amide bonds. The SMILES string of the molecule is Cc1ccc(NC(=O)CNC(=O)c2ccc(S(=O)(=O)N(C)C)cc2)cc1C. The maximum absolute atomic E-state index is 12.1. The second-order valence-corrected chi connectivity index (χ2v) is 8.49. The first-order valence-corrected chi connectivity index (χ1v) is 9.73. The van der Waals surface area contributed by atoms with Crippen molar-refractivity contribution in [2.45, 2.75) is 18.7 Å². The van der Waals surface area contributed by atoms with Gasteiger partial charge in [-0.05, 0) is 61.4 Å². The van der Waals surface area contributed by atoms with Crippen LogP contribution in [0, 0.1) is 13.8 Å². The van der Waals surface area contributed by atoms with Crippen molar-refractivity contribution in [3.8, 4) is 0 Å². The highest BCUT2D eigenvalue weighted by molar-refractivity contribution is 7.89. The van der Waals surface area contributed by atoms with Crippen LogP contribution in [0.5, 0.6) is 0 Å². The summed E-state index contributed by atoms with van der Waals surface area (Å²) in [5, 5.41) is 5.23. The van der Waals surface area contributed by atoms with E-state index in [4.69, 9.17) is 0 Å². The Labute approximate surface area is 159 Å². The van der Waals surface area contributed by atoms with Gasteiger partial charge in [-0.1, -0.05) is 6.07 Å². The number of anilines is 1. The summed E-state index contributed by atoms with van der Waals surface area (Å²) >= 11 is 0. The fraction of sp³-hybridized carbons (Fsp3) is 0.263. The molecular weight excluding hydrogens is 366 g/mol. The monoisotopic (exact) mass is 389 g/mol. The number of hydrogen-bond donors (Lipinski definition) is 2. The Balaban J connectivity index is 1.95. The number of nitrogens with one attached hydrogen (secondary N) is 2. The second kappa shape index (κ2) is 8.32. The summed E-state index contributed by atoms with van der Waals surface area (Å²) < 4.78 is 25.1. The predicted molar refractivity (Wildman–Crippen MR) is 104 cm³/mol. The average Bonchev–Trinajstić information content (AvgIpc) is 2.62. The number of benzene rings is 2. The molecule has 27 heavy (non-hydrogen) atoms. The molecule has 0 radical (unpaired) electrons. The Morgan fingerprint density at radius 1 is 0.963 bits per heavy atom. The molecule has 0 fully saturated rings. The molecule has 8 heteroatoms. The molecule has 7 nitrogen and oxygen atoms in total. The third-order valence-corrected chi connectivity index (χ3v) is 5.92. The molecule has 0 saturated carbocycles. The lowest BCUT2D eigenvalue weighted by molar-refractivity contribution is -0.115. The molecule has 144 valence electrons. The minimum atomic E-state index is -3.55. The van der Waals surface area contributed by atoms with Crippen LogP contribution in [0.3, 0.4) is 0 Å². The van der Waals surface area contributed by atoms with E-state index in [1.807, 2.05) is 26.0 Å². The van der Waals surface area contributed by atoms with E-state index in [1.165, 1.54) is 38.4 Å². The molecule has 0 spiro atoms. The number of carbonyl (C=O) groups is 2. The van der Waals surface area contributed by atoms with E-state index in [-0.39, 0.29) is 22.9 Å². The second-order valence-electron chi connectivity index (χ2n) is 6.34. The third kappa shape index (κ3) is 5.15. The zero-order valence-electron chi connectivity index (χ0n) is 15.7. The highest BCUT2D eigenvalue weighted by Gasteiger charge is 2.17. The van der Waals surface area contributed by atoms with Crippen LogP contribution in [0.15, 0.2) is 47.4 Å². The van der Waals surface area contributed by atoms with E-state index in [1.54, 1.807) is 6.07 Å². The molecule has 0 aliphatic rings. The van der Waals surface area contributed by atoms with Gasteiger partial charge in [0.1, 0.15) is 0 Å². The van der Waals surface area contributed by atoms with Crippen LogP contribution in [0.2, 0.25) is 0 Å². The summed E-state index contributed by atoms with van der Waals surface area (Å²) in [5.41, 5.74) is 3.12. The zero-order valence-corrected chi connectivity index (χ0v) is 16.6. The lowest BCUT2D eigenvalue weighted by atomic mass is 10.1. The van der Waals surface area contributed by atoms with E-state index in [0.717, 1.165) is 15.4 Å². The quantitative estimate of drug-likeness (QED) is 0.789. The Kier molecular flexibility index (Phi) is 6.35. The fourth-order valence-corrected chi connectivity index (χ4v) is 3.18. The maximum atomic E-state index is 12.1. The van der Waals surface area contributed by atoms with Crippen LogP contribution in [0.25, 0.3) is 0 Å². The van der Waals surface area contributed by atoms with Gasteiger partial charge in [0, 0.05) is 25.3 Å². The molecule has 0 saturated heterocycles. The van der Waals surface area contributed by atoms with Gasteiger partial charge in [0.2, 0.25) is 15.9 Å². The van der Waals surface area contributed by atoms with Crippen LogP contribution >= 0.6 is 0 Å². The van der Waals surface area contributed by atoms with Crippen LogP contribution in [-0.2, 0) is 14.8 Å². The van der Waals surface area contributed by atoms with Crippen molar-refractivity contribution in [1.82, 2.24) is 9.62 Å². The molecule has 2 rings (SSSR count). The molecule has 2 N–H and O–H groups in total. The van der Waals surface area contributed by atoms with Crippen LogP contribution in [0.4, 0.5) is 5.69 Å². The smallest absolute Gasteiger partial charge is 0.251 e. The summed E-state index contributed by atoms with van der Waals surface area (Å²) in [6, 6.07) is 11.1. The minimum absolute atomic E-state index is 0.0940. The topological polar surface area (TPSA) is 95.6 Å². The predicted octanol–water partition coefficient (Wildman–Crippen LogP) is 1.92. The van der Waals surface area contributed by atoms with E-state index in [9.17, 15) is 18.0 Å². The van der Waals surface area contributed by atoms with E-state index in [2.05, 4.69) is 10.6 Å². The van der Waals surface area contributed by atoms with Crippen molar-refractivity contribution in [2.75, 3.05) is 26.0 Å². The molecule has 2 aromatic carbocycles. The van der Waals surface area contributed by atoms with Gasteiger partial charge >= 0.3 is 0 Å². The van der Waals surface area contributed by atoms with Crippen molar-refractivity contribution in [2.24, 2.45) is 0 Å². The molecule has 0 aliphatic carbocycles. The summed E-state index contributed by atoms with van der Waals surface area (Å²) in [5.74, 6) is -0.808. The summed E-state index contributed by atoms with van der Waals surface area (Å²) in [7, 11) is -0.680. The van der Waals surface area contributed by atoms with Crippen molar-refractivity contribution in [3.63, 3.8) is 0 Å². The van der Waals surface area contributed by atoms with Crippen LogP contribution in [-0.4, -0.2) is 45.2 Å². The van der Waals surface area contributed by atoms with Gasteiger partial charge in [0.15, 0.2) is 0 Å². The van der Waals surface area contributed by atoms with Gasteiger partial charge in [0.25, 0.3) is 5.91 Å². The van der Waals surface area contributed by atoms with Crippen LogP contribution in [0.1, 0.15) is 21.5 Å². The number of sulfonamides is 1. The summed E-state index contributed by atoms with van der Waals surface area (Å²) in [6.45, 7) is 3.74. The number of rotatable bonds is 6. The van der Waals surface area contributed by atoms with Crippen LogP contribution < -0.4 is 10.6 Å². The van der Waals surface area contributed by atoms with Gasteiger partial charge < -0.3 is 10.6 Å². The summed E-state index contributed by atoms with van der Waals surface area (Å²) in [4.78, 5) is 24.2.